The topological polar surface area (TPSA) is 86.8 Å². The Hall–Kier alpha value is -3.17. The lowest BCUT2D eigenvalue weighted by Crippen LogP contribution is -2.54. The molecule has 0 aliphatic rings. The number of halogens is 1. The highest BCUT2D eigenvalue weighted by Crippen LogP contribution is 2.25. The summed E-state index contributed by atoms with van der Waals surface area (Å²) in [4.78, 5) is 29.4. The van der Waals surface area contributed by atoms with Gasteiger partial charge in [0.1, 0.15) is 12.6 Å². The number of nitrogens with zero attached hydrogens (tertiary/aromatic N) is 2. The van der Waals surface area contributed by atoms with Crippen molar-refractivity contribution in [1.29, 1.82) is 0 Å². The maximum absolute atomic E-state index is 14.2. The Kier molecular flexibility index (Phi) is 10.9. The lowest BCUT2D eigenvalue weighted by Gasteiger charge is -2.34. The largest absolute Gasteiger partial charge is 0.352 e. The number of anilines is 1. The second-order valence-corrected chi connectivity index (χ2v) is 13.1. The summed E-state index contributed by atoms with van der Waals surface area (Å²) in [5.41, 5.74) is 3.88. The molecule has 1 N–H and O–H groups in total. The third-order valence-electron chi connectivity index (χ3n) is 6.81. The molecular formula is C31H38BrN3O4S. The molecule has 2 amide bonds. The zero-order valence-electron chi connectivity index (χ0n) is 23.7. The normalized spacial score (nSPS) is 12.8. The molecule has 0 bridgehead atoms. The molecule has 0 radical (unpaired) electrons. The van der Waals surface area contributed by atoms with E-state index < -0.39 is 28.5 Å². The van der Waals surface area contributed by atoms with Gasteiger partial charge in [-0.2, -0.15) is 0 Å². The van der Waals surface area contributed by atoms with Crippen molar-refractivity contribution >= 4 is 43.5 Å². The van der Waals surface area contributed by atoms with Crippen molar-refractivity contribution in [2.24, 2.45) is 0 Å². The molecule has 0 spiro atoms. The van der Waals surface area contributed by atoms with Crippen molar-refractivity contribution in [2.75, 3.05) is 17.1 Å². The van der Waals surface area contributed by atoms with Gasteiger partial charge in [0, 0.05) is 23.5 Å². The van der Waals surface area contributed by atoms with E-state index >= 15 is 0 Å². The third kappa shape index (κ3) is 8.66. The van der Waals surface area contributed by atoms with Crippen LogP contribution in [0, 0.1) is 13.8 Å². The monoisotopic (exact) mass is 627 g/mol. The Balaban J connectivity index is 2.08. The molecular weight excluding hydrogens is 590 g/mol. The van der Waals surface area contributed by atoms with Gasteiger partial charge in [-0.25, -0.2) is 8.42 Å². The Bertz CT molecular complexity index is 1430. The summed E-state index contributed by atoms with van der Waals surface area (Å²) in [5.74, 6) is -0.746. The third-order valence-corrected chi connectivity index (χ3v) is 8.43. The van der Waals surface area contributed by atoms with E-state index in [1.54, 1.807) is 6.07 Å². The number of hydrogen-bond donors (Lipinski definition) is 1. The molecule has 3 rings (SSSR count). The molecule has 2 unspecified atom stereocenters. The van der Waals surface area contributed by atoms with E-state index in [-0.39, 0.29) is 24.9 Å². The summed E-state index contributed by atoms with van der Waals surface area (Å²) in [5, 5.41) is 3.04. The highest BCUT2D eigenvalue weighted by molar-refractivity contribution is 9.10. The predicted molar refractivity (Wildman–Crippen MR) is 165 cm³/mol. The quantitative estimate of drug-likeness (QED) is 0.292. The fourth-order valence-electron chi connectivity index (χ4n) is 4.51. The zero-order valence-corrected chi connectivity index (χ0v) is 26.1. The highest BCUT2D eigenvalue weighted by atomic mass is 79.9. The van der Waals surface area contributed by atoms with Gasteiger partial charge in [0.05, 0.1) is 11.9 Å². The maximum Gasteiger partial charge on any atom is 0.244 e. The molecule has 3 aromatic rings. The summed E-state index contributed by atoms with van der Waals surface area (Å²) in [6, 6.07) is 21.5. The van der Waals surface area contributed by atoms with Crippen LogP contribution in [0.15, 0.2) is 77.3 Å². The average Bonchev–Trinajstić information content (AvgIpc) is 2.89. The zero-order chi connectivity index (χ0) is 29.4. The highest BCUT2D eigenvalue weighted by Gasteiger charge is 2.33. The minimum atomic E-state index is -3.81. The molecule has 3 aromatic carbocycles. The Morgan fingerprint density at radius 3 is 2.23 bits per heavy atom. The molecule has 214 valence electrons. The molecule has 40 heavy (non-hydrogen) atoms. The van der Waals surface area contributed by atoms with Crippen molar-refractivity contribution in [3.63, 3.8) is 0 Å². The van der Waals surface area contributed by atoms with E-state index in [1.165, 1.54) is 4.90 Å². The van der Waals surface area contributed by atoms with E-state index in [0.717, 1.165) is 43.7 Å². The number of amides is 2. The summed E-state index contributed by atoms with van der Waals surface area (Å²) in [7, 11) is -3.81. The lowest BCUT2D eigenvalue weighted by molar-refractivity contribution is -0.140. The van der Waals surface area contributed by atoms with Crippen LogP contribution in [0.25, 0.3) is 0 Å². The first-order valence-corrected chi connectivity index (χ1v) is 16.0. The minimum absolute atomic E-state index is 0.0867. The van der Waals surface area contributed by atoms with Crippen LogP contribution in [0.4, 0.5) is 5.69 Å². The van der Waals surface area contributed by atoms with Crippen LogP contribution in [0.5, 0.6) is 0 Å². The van der Waals surface area contributed by atoms with Crippen LogP contribution in [0.1, 0.15) is 42.5 Å². The van der Waals surface area contributed by atoms with Crippen LogP contribution >= 0.6 is 15.9 Å². The second kappa shape index (κ2) is 13.9. The molecule has 9 heteroatoms. The Labute approximate surface area is 246 Å². The van der Waals surface area contributed by atoms with Crippen LogP contribution in [-0.2, 0) is 32.6 Å². The molecule has 0 heterocycles. The number of benzene rings is 3. The average molecular weight is 629 g/mol. The van der Waals surface area contributed by atoms with E-state index in [0.29, 0.717) is 5.69 Å². The van der Waals surface area contributed by atoms with Crippen molar-refractivity contribution in [3.8, 4) is 0 Å². The first-order valence-electron chi connectivity index (χ1n) is 13.3. The van der Waals surface area contributed by atoms with E-state index in [1.807, 2.05) is 94.4 Å². The van der Waals surface area contributed by atoms with Crippen molar-refractivity contribution in [3.05, 3.63) is 99.5 Å². The fourth-order valence-corrected chi connectivity index (χ4v) is 5.86. The van der Waals surface area contributed by atoms with Crippen LogP contribution in [-0.4, -0.2) is 50.0 Å². The maximum atomic E-state index is 14.2. The second-order valence-electron chi connectivity index (χ2n) is 10.2. The predicted octanol–water partition coefficient (Wildman–Crippen LogP) is 5.39. The molecule has 0 aliphatic carbocycles. The fraction of sp³-hybridized carbons (Fsp3) is 0.355. The smallest absolute Gasteiger partial charge is 0.244 e. The number of rotatable bonds is 12. The van der Waals surface area contributed by atoms with Gasteiger partial charge in [-0.3, -0.25) is 13.9 Å². The first-order chi connectivity index (χ1) is 18.9. The molecule has 2 atom stereocenters. The molecule has 7 nitrogen and oxygen atoms in total. The summed E-state index contributed by atoms with van der Waals surface area (Å²) >= 11 is 3.49. The number of nitrogens with one attached hydrogen (secondary N) is 1. The minimum Gasteiger partial charge on any atom is -0.352 e. The van der Waals surface area contributed by atoms with Crippen LogP contribution in [0.3, 0.4) is 0 Å². The Morgan fingerprint density at radius 2 is 1.62 bits per heavy atom. The molecule has 0 fully saturated rings. The number of carbonyl (C=O) groups is 2. The molecule has 0 aliphatic heterocycles. The van der Waals surface area contributed by atoms with E-state index in [9.17, 15) is 18.0 Å². The van der Waals surface area contributed by atoms with Crippen molar-refractivity contribution < 1.29 is 18.0 Å². The van der Waals surface area contributed by atoms with Gasteiger partial charge >= 0.3 is 0 Å². The van der Waals surface area contributed by atoms with Gasteiger partial charge in [-0.05, 0) is 62.1 Å². The molecule has 0 saturated carbocycles. The van der Waals surface area contributed by atoms with Gasteiger partial charge < -0.3 is 10.2 Å². The van der Waals surface area contributed by atoms with Crippen LogP contribution in [0.2, 0.25) is 0 Å². The van der Waals surface area contributed by atoms with Gasteiger partial charge in [0.15, 0.2) is 0 Å². The summed E-state index contributed by atoms with van der Waals surface area (Å²) < 4.78 is 27.9. The van der Waals surface area contributed by atoms with E-state index in [4.69, 9.17) is 0 Å². The number of carbonyl (C=O) groups excluding carboxylic acids is 2. The summed E-state index contributed by atoms with van der Waals surface area (Å²) in [6.07, 6.45) is 2.11. The van der Waals surface area contributed by atoms with E-state index in [2.05, 4.69) is 21.2 Å². The summed E-state index contributed by atoms with van der Waals surface area (Å²) in [6.45, 7) is 7.35. The molecule has 0 aromatic heterocycles. The van der Waals surface area contributed by atoms with Crippen molar-refractivity contribution in [1.82, 2.24) is 10.2 Å². The van der Waals surface area contributed by atoms with Gasteiger partial charge in [-0.15, -0.1) is 0 Å². The first kappa shape index (κ1) is 31.4. The number of hydrogen-bond acceptors (Lipinski definition) is 4. The Morgan fingerprint density at radius 1 is 0.950 bits per heavy atom. The van der Waals surface area contributed by atoms with Gasteiger partial charge in [-0.1, -0.05) is 83.0 Å². The van der Waals surface area contributed by atoms with Gasteiger partial charge in [0.2, 0.25) is 21.8 Å². The lowest BCUT2D eigenvalue weighted by atomic mass is 10.0. The standard InChI is InChI=1S/C31H38BrN3O4S/c1-6-24(4)33-31(37)29(19-25-11-8-7-9-12-25)34(20-26-13-10-14-27(32)18-26)30(36)21-35(40(5,38)39)28-16-15-22(2)17-23(28)3/h7-18,24,29H,6,19-21H2,1-5H3,(H,33,37). The SMILES string of the molecule is CCC(C)NC(=O)C(Cc1ccccc1)N(Cc1cccc(Br)c1)C(=O)CN(c1ccc(C)cc1C)S(C)(=O)=O. The van der Waals surface area contributed by atoms with Crippen molar-refractivity contribution in [2.45, 2.75) is 59.2 Å². The number of sulfonamides is 1. The van der Waals surface area contributed by atoms with Gasteiger partial charge in [0.25, 0.3) is 0 Å². The number of aryl methyl sites for hydroxylation is 2. The molecule has 0 saturated heterocycles. The van der Waals surface area contributed by atoms with Crippen LogP contribution < -0.4 is 9.62 Å².